The van der Waals surface area contributed by atoms with Gasteiger partial charge in [0.15, 0.2) is 0 Å². The molecule has 1 unspecified atom stereocenters. The van der Waals surface area contributed by atoms with E-state index < -0.39 is 17.6 Å². The van der Waals surface area contributed by atoms with Crippen LogP contribution in [-0.2, 0) is 6.18 Å². The van der Waals surface area contributed by atoms with Crippen molar-refractivity contribution in [2.75, 3.05) is 6.54 Å². The number of nitrogens with two attached hydrogens (primary N) is 1. The van der Waals surface area contributed by atoms with Crippen LogP contribution < -0.4 is 11.1 Å². The number of benzene rings is 1. The Balaban J connectivity index is 2.06. The lowest BCUT2D eigenvalue weighted by Gasteiger charge is -2.15. The maximum absolute atomic E-state index is 12.7. The average Bonchev–Trinajstić information content (AvgIpc) is 3.18. The van der Waals surface area contributed by atoms with E-state index in [1.54, 1.807) is 0 Å². The van der Waals surface area contributed by atoms with Crippen molar-refractivity contribution in [1.82, 2.24) is 5.32 Å². The Kier molecular flexibility index (Phi) is 3.80. The summed E-state index contributed by atoms with van der Waals surface area (Å²) in [5.74, 6) is -0.345. The number of rotatable bonds is 4. The third-order valence-corrected chi connectivity index (χ3v) is 3.20. The molecular formula is C13H15F3N2O. The van der Waals surface area contributed by atoms with E-state index in [2.05, 4.69) is 5.32 Å². The summed E-state index contributed by atoms with van der Waals surface area (Å²) in [6, 6.07) is 4.55. The van der Waals surface area contributed by atoms with Crippen LogP contribution in [0.1, 0.15) is 28.8 Å². The lowest BCUT2D eigenvalue weighted by atomic mass is 10.1. The number of carbonyl (C=O) groups excluding carboxylic acids is 1. The fourth-order valence-corrected chi connectivity index (χ4v) is 1.93. The van der Waals surface area contributed by atoms with E-state index in [0.717, 1.165) is 18.9 Å². The van der Waals surface area contributed by atoms with E-state index in [1.807, 2.05) is 0 Å². The number of hydrogen-bond donors (Lipinski definition) is 2. The van der Waals surface area contributed by atoms with Crippen LogP contribution in [-0.4, -0.2) is 18.5 Å². The summed E-state index contributed by atoms with van der Waals surface area (Å²) >= 11 is 0. The zero-order chi connectivity index (χ0) is 14.0. The summed E-state index contributed by atoms with van der Waals surface area (Å²) in [7, 11) is 0. The van der Waals surface area contributed by atoms with Crippen LogP contribution in [0.3, 0.4) is 0 Å². The molecule has 1 aliphatic rings. The van der Waals surface area contributed by atoms with Gasteiger partial charge in [0.2, 0.25) is 0 Å². The standard InChI is InChI=1S/C13H15F3N2O/c14-13(15,16)10-4-2-1-3-9(10)12(19)18-7-11(17)8-5-6-8/h1-4,8,11H,5-7,17H2,(H,18,19). The largest absolute Gasteiger partial charge is 0.417 e. The van der Waals surface area contributed by atoms with Crippen LogP contribution >= 0.6 is 0 Å². The van der Waals surface area contributed by atoms with Crippen molar-refractivity contribution < 1.29 is 18.0 Å². The first kappa shape index (κ1) is 13.9. The Bertz CT molecular complexity index is 469. The zero-order valence-electron chi connectivity index (χ0n) is 10.2. The lowest BCUT2D eigenvalue weighted by molar-refractivity contribution is -0.137. The number of hydrogen-bond acceptors (Lipinski definition) is 2. The van der Waals surface area contributed by atoms with Gasteiger partial charge >= 0.3 is 6.18 Å². The van der Waals surface area contributed by atoms with E-state index in [9.17, 15) is 18.0 Å². The molecule has 0 spiro atoms. The first-order chi connectivity index (χ1) is 8.89. The molecule has 1 aliphatic carbocycles. The van der Waals surface area contributed by atoms with Gasteiger partial charge in [-0.2, -0.15) is 13.2 Å². The lowest BCUT2D eigenvalue weighted by Crippen LogP contribution is -2.39. The monoisotopic (exact) mass is 272 g/mol. The molecule has 0 aromatic heterocycles. The minimum atomic E-state index is -4.54. The zero-order valence-corrected chi connectivity index (χ0v) is 10.2. The van der Waals surface area contributed by atoms with Crippen LogP contribution in [0.4, 0.5) is 13.2 Å². The van der Waals surface area contributed by atoms with Gasteiger partial charge in [-0.05, 0) is 30.9 Å². The van der Waals surface area contributed by atoms with Crippen LogP contribution in [0.2, 0.25) is 0 Å². The maximum Gasteiger partial charge on any atom is 0.417 e. The van der Waals surface area contributed by atoms with E-state index in [0.29, 0.717) is 5.92 Å². The smallest absolute Gasteiger partial charge is 0.350 e. The predicted octanol–water partition coefficient (Wildman–Crippen LogP) is 2.17. The molecular weight excluding hydrogens is 257 g/mol. The summed E-state index contributed by atoms with van der Waals surface area (Å²) < 4.78 is 38.2. The van der Waals surface area contributed by atoms with Crippen molar-refractivity contribution in [3.63, 3.8) is 0 Å². The average molecular weight is 272 g/mol. The Labute approximate surface area is 109 Å². The van der Waals surface area contributed by atoms with E-state index in [1.165, 1.54) is 18.2 Å². The SMILES string of the molecule is NC(CNC(=O)c1ccccc1C(F)(F)F)C1CC1. The van der Waals surface area contributed by atoms with Gasteiger partial charge in [-0.15, -0.1) is 0 Å². The molecule has 6 heteroatoms. The Morgan fingerprint density at radius 3 is 2.58 bits per heavy atom. The molecule has 2 rings (SSSR count). The summed E-state index contributed by atoms with van der Waals surface area (Å²) in [6.45, 7) is 0.204. The van der Waals surface area contributed by atoms with Gasteiger partial charge < -0.3 is 11.1 Å². The molecule has 1 saturated carbocycles. The van der Waals surface area contributed by atoms with E-state index >= 15 is 0 Å². The van der Waals surface area contributed by atoms with Crippen molar-refractivity contribution in [2.24, 2.45) is 11.7 Å². The van der Waals surface area contributed by atoms with E-state index in [4.69, 9.17) is 5.73 Å². The summed E-state index contributed by atoms with van der Waals surface area (Å²) in [5, 5.41) is 2.47. The Hall–Kier alpha value is -1.56. The second-order valence-corrected chi connectivity index (χ2v) is 4.75. The number of carbonyl (C=O) groups is 1. The summed E-state index contributed by atoms with van der Waals surface area (Å²) in [5.41, 5.74) is 4.51. The Morgan fingerprint density at radius 1 is 1.37 bits per heavy atom. The van der Waals surface area contributed by atoms with Crippen molar-refractivity contribution in [1.29, 1.82) is 0 Å². The highest BCUT2D eigenvalue weighted by atomic mass is 19.4. The van der Waals surface area contributed by atoms with Gasteiger partial charge in [0.25, 0.3) is 5.91 Å². The van der Waals surface area contributed by atoms with Gasteiger partial charge in [0.05, 0.1) is 11.1 Å². The minimum Gasteiger partial charge on any atom is -0.350 e. The van der Waals surface area contributed by atoms with Crippen molar-refractivity contribution in [3.8, 4) is 0 Å². The first-order valence-electron chi connectivity index (χ1n) is 6.09. The molecule has 1 fully saturated rings. The molecule has 0 aliphatic heterocycles. The molecule has 19 heavy (non-hydrogen) atoms. The van der Waals surface area contributed by atoms with Crippen LogP contribution in [0.5, 0.6) is 0 Å². The molecule has 1 amide bonds. The van der Waals surface area contributed by atoms with Crippen molar-refractivity contribution >= 4 is 5.91 Å². The third-order valence-electron chi connectivity index (χ3n) is 3.20. The molecule has 0 radical (unpaired) electrons. The minimum absolute atomic E-state index is 0.179. The highest BCUT2D eigenvalue weighted by molar-refractivity contribution is 5.95. The van der Waals surface area contributed by atoms with Crippen LogP contribution in [0.25, 0.3) is 0 Å². The maximum atomic E-state index is 12.7. The highest BCUT2D eigenvalue weighted by Crippen LogP contribution is 2.32. The van der Waals surface area contributed by atoms with Crippen LogP contribution in [0, 0.1) is 5.92 Å². The highest BCUT2D eigenvalue weighted by Gasteiger charge is 2.35. The quantitative estimate of drug-likeness (QED) is 0.882. The summed E-state index contributed by atoms with van der Waals surface area (Å²) in [4.78, 5) is 11.8. The van der Waals surface area contributed by atoms with Gasteiger partial charge in [-0.3, -0.25) is 4.79 Å². The molecule has 104 valence electrons. The third kappa shape index (κ3) is 3.47. The van der Waals surface area contributed by atoms with Gasteiger partial charge in [0, 0.05) is 12.6 Å². The number of amides is 1. The molecule has 1 atom stereocenters. The van der Waals surface area contributed by atoms with E-state index in [-0.39, 0.29) is 18.2 Å². The van der Waals surface area contributed by atoms with Crippen molar-refractivity contribution in [3.05, 3.63) is 35.4 Å². The van der Waals surface area contributed by atoms with Crippen LogP contribution in [0.15, 0.2) is 24.3 Å². The molecule has 0 heterocycles. The van der Waals surface area contributed by atoms with Gasteiger partial charge in [-0.1, -0.05) is 12.1 Å². The van der Waals surface area contributed by atoms with Gasteiger partial charge in [-0.25, -0.2) is 0 Å². The second-order valence-electron chi connectivity index (χ2n) is 4.75. The number of halogens is 3. The molecule has 1 aromatic carbocycles. The second kappa shape index (κ2) is 5.21. The molecule has 0 saturated heterocycles. The topological polar surface area (TPSA) is 55.1 Å². The first-order valence-corrected chi connectivity index (χ1v) is 6.09. The summed E-state index contributed by atoms with van der Waals surface area (Å²) in [6.07, 6.45) is -2.49. The fourth-order valence-electron chi connectivity index (χ4n) is 1.93. The molecule has 1 aromatic rings. The normalized spacial score (nSPS) is 17.1. The number of nitrogens with one attached hydrogen (secondary N) is 1. The van der Waals surface area contributed by atoms with Gasteiger partial charge in [0.1, 0.15) is 0 Å². The predicted molar refractivity (Wildman–Crippen MR) is 64.5 cm³/mol. The fraction of sp³-hybridized carbons (Fsp3) is 0.462. The Morgan fingerprint density at radius 2 is 2.00 bits per heavy atom. The molecule has 0 bridgehead atoms. The number of alkyl halides is 3. The molecule has 3 nitrogen and oxygen atoms in total. The van der Waals surface area contributed by atoms with Crippen molar-refractivity contribution in [2.45, 2.75) is 25.1 Å². The molecule has 3 N–H and O–H groups in total.